The monoisotopic (exact) mass is 246 g/mol. The summed E-state index contributed by atoms with van der Waals surface area (Å²) in [7, 11) is 0. The van der Waals surface area contributed by atoms with E-state index in [2.05, 4.69) is 10.5 Å². The van der Waals surface area contributed by atoms with E-state index >= 15 is 0 Å². The largest absolute Gasteiger partial charge is 0.394 e. The van der Waals surface area contributed by atoms with Crippen molar-refractivity contribution in [1.29, 1.82) is 0 Å². The molecule has 0 amide bonds. The Labute approximate surface area is 107 Å². The second-order valence-electron chi connectivity index (χ2n) is 4.33. The van der Waals surface area contributed by atoms with Crippen molar-refractivity contribution in [1.82, 2.24) is 10.5 Å². The van der Waals surface area contributed by atoms with Crippen molar-refractivity contribution in [3.63, 3.8) is 0 Å². The second kappa shape index (κ2) is 5.80. The predicted molar refractivity (Wildman–Crippen MR) is 69.1 cm³/mol. The molecule has 0 fully saturated rings. The summed E-state index contributed by atoms with van der Waals surface area (Å²) >= 11 is 0. The van der Waals surface area contributed by atoms with E-state index in [1.807, 2.05) is 44.2 Å². The Morgan fingerprint density at radius 3 is 2.56 bits per heavy atom. The van der Waals surface area contributed by atoms with Gasteiger partial charge in [0, 0.05) is 12.1 Å². The van der Waals surface area contributed by atoms with Gasteiger partial charge < -0.3 is 14.9 Å². The Morgan fingerprint density at radius 2 is 2.00 bits per heavy atom. The van der Waals surface area contributed by atoms with Crippen LogP contribution >= 0.6 is 0 Å². The molecule has 0 aliphatic rings. The Kier molecular flexibility index (Phi) is 4.12. The lowest BCUT2D eigenvalue weighted by Crippen LogP contribution is -2.24. The minimum absolute atomic E-state index is 0.0629. The molecule has 0 saturated carbocycles. The summed E-state index contributed by atoms with van der Waals surface area (Å²) in [5.41, 5.74) is 3.03. The number of benzene rings is 1. The molecule has 1 aromatic carbocycles. The number of aliphatic hydroxyl groups is 1. The minimum Gasteiger partial charge on any atom is -0.394 e. The molecule has 2 rings (SSSR count). The molecule has 1 atom stereocenters. The molecule has 1 aromatic heterocycles. The predicted octanol–water partition coefficient (Wildman–Crippen LogP) is 2.11. The Morgan fingerprint density at radius 1 is 1.28 bits per heavy atom. The van der Waals surface area contributed by atoms with Crippen molar-refractivity contribution >= 4 is 0 Å². The van der Waals surface area contributed by atoms with Gasteiger partial charge in [0.15, 0.2) is 0 Å². The van der Waals surface area contributed by atoms with Crippen molar-refractivity contribution in [2.45, 2.75) is 26.4 Å². The maximum atomic E-state index is 9.45. The van der Waals surface area contributed by atoms with Gasteiger partial charge in [-0.3, -0.25) is 0 Å². The summed E-state index contributed by atoms with van der Waals surface area (Å²) in [5, 5.41) is 16.7. The van der Waals surface area contributed by atoms with Crippen molar-refractivity contribution in [2.24, 2.45) is 0 Å². The van der Waals surface area contributed by atoms with Gasteiger partial charge in [-0.15, -0.1) is 0 Å². The highest BCUT2D eigenvalue weighted by Gasteiger charge is 2.13. The van der Waals surface area contributed by atoms with Crippen LogP contribution in [0.1, 0.15) is 28.6 Å². The zero-order chi connectivity index (χ0) is 13.0. The number of aliphatic hydroxyl groups excluding tert-OH is 1. The topological polar surface area (TPSA) is 58.3 Å². The van der Waals surface area contributed by atoms with E-state index in [0.29, 0.717) is 6.54 Å². The van der Waals surface area contributed by atoms with E-state index in [1.54, 1.807) is 0 Å². The minimum atomic E-state index is -0.0695. The first-order valence-electron chi connectivity index (χ1n) is 6.03. The highest BCUT2D eigenvalue weighted by Crippen LogP contribution is 2.16. The van der Waals surface area contributed by atoms with Crippen LogP contribution in [0.3, 0.4) is 0 Å². The van der Waals surface area contributed by atoms with Gasteiger partial charge >= 0.3 is 0 Å². The van der Waals surface area contributed by atoms with Gasteiger partial charge in [-0.2, -0.15) is 0 Å². The van der Waals surface area contributed by atoms with Crippen molar-refractivity contribution < 1.29 is 9.63 Å². The first-order chi connectivity index (χ1) is 8.72. The summed E-state index contributed by atoms with van der Waals surface area (Å²) < 4.78 is 5.11. The Hall–Kier alpha value is -1.65. The zero-order valence-corrected chi connectivity index (χ0v) is 10.7. The first kappa shape index (κ1) is 12.8. The molecular weight excluding hydrogens is 228 g/mol. The summed E-state index contributed by atoms with van der Waals surface area (Å²) in [4.78, 5) is 0. The molecule has 0 bridgehead atoms. The van der Waals surface area contributed by atoms with Gasteiger partial charge in [0.1, 0.15) is 5.76 Å². The quantitative estimate of drug-likeness (QED) is 0.848. The molecule has 2 N–H and O–H groups in total. The molecule has 4 heteroatoms. The molecule has 0 saturated heterocycles. The summed E-state index contributed by atoms with van der Waals surface area (Å²) in [5.74, 6) is 0.824. The molecule has 4 nitrogen and oxygen atoms in total. The van der Waals surface area contributed by atoms with E-state index in [-0.39, 0.29) is 12.6 Å². The Balaban J connectivity index is 2.04. The molecule has 1 heterocycles. The van der Waals surface area contributed by atoms with E-state index in [9.17, 15) is 5.11 Å². The first-order valence-corrected chi connectivity index (χ1v) is 6.03. The van der Waals surface area contributed by atoms with Crippen LogP contribution in [0.15, 0.2) is 34.9 Å². The number of rotatable bonds is 5. The maximum Gasteiger partial charge on any atom is 0.138 e. The van der Waals surface area contributed by atoms with Crippen LogP contribution in [-0.2, 0) is 6.54 Å². The third-order valence-electron chi connectivity index (χ3n) is 3.09. The van der Waals surface area contributed by atoms with Crippen LogP contribution in [0.2, 0.25) is 0 Å². The number of hydrogen-bond acceptors (Lipinski definition) is 4. The molecule has 1 unspecified atom stereocenters. The third kappa shape index (κ3) is 2.78. The average Bonchev–Trinajstić information content (AvgIpc) is 2.72. The second-order valence-corrected chi connectivity index (χ2v) is 4.33. The molecular formula is C14H18N2O2. The van der Waals surface area contributed by atoms with E-state index in [4.69, 9.17) is 4.52 Å². The number of aryl methyl sites for hydroxylation is 2. The lowest BCUT2D eigenvalue weighted by molar-refractivity contribution is 0.243. The molecule has 18 heavy (non-hydrogen) atoms. The standard InChI is InChI=1S/C14H18N2O2/c1-10-13(11(2)18-16-10)8-15-14(9-17)12-6-4-3-5-7-12/h3-7,14-15,17H,8-9H2,1-2H3. The highest BCUT2D eigenvalue weighted by molar-refractivity contribution is 5.22. The number of nitrogens with zero attached hydrogens (tertiary/aromatic N) is 1. The lowest BCUT2D eigenvalue weighted by atomic mass is 10.1. The molecule has 96 valence electrons. The normalized spacial score (nSPS) is 12.6. The number of aromatic nitrogens is 1. The average molecular weight is 246 g/mol. The maximum absolute atomic E-state index is 9.45. The fourth-order valence-corrected chi connectivity index (χ4v) is 1.95. The van der Waals surface area contributed by atoms with E-state index in [1.165, 1.54) is 0 Å². The van der Waals surface area contributed by atoms with Crippen LogP contribution in [-0.4, -0.2) is 16.9 Å². The SMILES string of the molecule is Cc1noc(C)c1CNC(CO)c1ccccc1. The highest BCUT2D eigenvalue weighted by atomic mass is 16.5. The number of nitrogens with one attached hydrogen (secondary N) is 1. The molecule has 2 aromatic rings. The summed E-state index contributed by atoms with van der Waals surface area (Å²) in [6.45, 7) is 4.52. The van der Waals surface area contributed by atoms with Gasteiger partial charge in [0.2, 0.25) is 0 Å². The van der Waals surface area contributed by atoms with Crippen molar-refractivity contribution in [2.75, 3.05) is 6.61 Å². The van der Waals surface area contributed by atoms with Crippen LogP contribution < -0.4 is 5.32 Å². The number of hydrogen-bond donors (Lipinski definition) is 2. The fourth-order valence-electron chi connectivity index (χ4n) is 1.95. The van der Waals surface area contributed by atoms with Crippen LogP contribution in [0.5, 0.6) is 0 Å². The fraction of sp³-hybridized carbons (Fsp3) is 0.357. The smallest absolute Gasteiger partial charge is 0.138 e. The van der Waals surface area contributed by atoms with E-state index < -0.39 is 0 Å². The van der Waals surface area contributed by atoms with Crippen LogP contribution in [0.25, 0.3) is 0 Å². The molecule has 0 aliphatic heterocycles. The van der Waals surface area contributed by atoms with Gasteiger partial charge in [0.05, 0.1) is 18.3 Å². The lowest BCUT2D eigenvalue weighted by Gasteiger charge is -2.16. The van der Waals surface area contributed by atoms with Gasteiger partial charge in [-0.05, 0) is 19.4 Å². The molecule has 0 aliphatic carbocycles. The van der Waals surface area contributed by atoms with Gasteiger partial charge in [-0.25, -0.2) is 0 Å². The third-order valence-corrected chi connectivity index (χ3v) is 3.09. The van der Waals surface area contributed by atoms with Crippen molar-refractivity contribution in [3.8, 4) is 0 Å². The molecule has 0 spiro atoms. The van der Waals surface area contributed by atoms with Gasteiger partial charge in [0.25, 0.3) is 0 Å². The summed E-state index contributed by atoms with van der Waals surface area (Å²) in [6.07, 6.45) is 0. The van der Waals surface area contributed by atoms with Crippen molar-refractivity contribution in [3.05, 3.63) is 52.9 Å². The van der Waals surface area contributed by atoms with Crippen LogP contribution in [0.4, 0.5) is 0 Å². The summed E-state index contributed by atoms with van der Waals surface area (Å²) in [6, 6.07) is 9.83. The zero-order valence-electron chi connectivity index (χ0n) is 10.7. The molecule has 0 radical (unpaired) electrons. The Bertz CT molecular complexity index is 474. The van der Waals surface area contributed by atoms with E-state index in [0.717, 1.165) is 22.6 Å². The van der Waals surface area contributed by atoms with Crippen LogP contribution in [0, 0.1) is 13.8 Å². The van der Waals surface area contributed by atoms with Gasteiger partial charge in [-0.1, -0.05) is 35.5 Å².